The van der Waals surface area contributed by atoms with Gasteiger partial charge in [-0.15, -0.1) is 0 Å². The Morgan fingerprint density at radius 2 is 1.78 bits per heavy atom. The van der Waals surface area contributed by atoms with Crippen LogP contribution in [0.25, 0.3) is 0 Å². The summed E-state index contributed by atoms with van der Waals surface area (Å²) in [4.78, 5) is 13.4. The van der Waals surface area contributed by atoms with Crippen molar-refractivity contribution in [2.24, 2.45) is 0 Å². The van der Waals surface area contributed by atoms with Crippen molar-refractivity contribution in [3.63, 3.8) is 0 Å². The van der Waals surface area contributed by atoms with Crippen molar-refractivity contribution in [1.29, 1.82) is 0 Å². The average molecular weight is 319 g/mol. The molecule has 6 nitrogen and oxygen atoms in total. The van der Waals surface area contributed by atoms with Crippen LogP contribution in [-0.2, 0) is 14.2 Å². The van der Waals surface area contributed by atoms with E-state index in [1.807, 2.05) is 30.3 Å². The van der Waals surface area contributed by atoms with Crippen LogP contribution in [0.3, 0.4) is 0 Å². The lowest BCUT2D eigenvalue weighted by Crippen LogP contribution is -3.27. The summed E-state index contributed by atoms with van der Waals surface area (Å²) in [6.07, 6.45) is 1.50. The van der Waals surface area contributed by atoms with E-state index in [9.17, 15) is 4.79 Å². The van der Waals surface area contributed by atoms with Crippen LogP contribution in [0.5, 0.6) is 0 Å². The SMILES string of the molecule is C[C@]12CC[C@@]3(C)OCC(COC(=O)Nc4ccccc4)(CO1)[NH+]23. The van der Waals surface area contributed by atoms with E-state index in [1.54, 1.807) is 0 Å². The number of rotatable bonds is 3. The molecule has 3 aliphatic heterocycles. The van der Waals surface area contributed by atoms with Gasteiger partial charge in [0.05, 0.1) is 0 Å². The molecule has 23 heavy (non-hydrogen) atoms. The molecule has 1 aromatic carbocycles. The second-order valence-corrected chi connectivity index (χ2v) is 7.26. The van der Waals surface area contributed by atoms with Crippen LogP contribution in [0.15, 0.2) is 30.3 Å². The van der Waals surface area contributed by atoms with Crippen molar-refractivity contribution in [3.05, 3.63) is 30.3 Å². The third-order valence-electron chi connectivity index (χ3n) is 5.50. The molecular formula is C17H23N2O4+. The van der Waals surface area contributed by atoms with Crippen molar-refractivity contribution >= 4 is 11.8 Å². The Bertz CT molecular complexity index is 600. The molecule has 0 aromatic heterocycles. The highest BCUT2D eigenvalue weighted by molar-refractivity contribution is 5.84. The smallest absolute Gasteiger partial charge is 0.411 e. The van der Waals surface area contributed by atoms with Crippen molar-refractivity contribution in [1.82, 2.24) is 0 Å². The van der Waals surface area contributed by atoms with E-state index in [1.165, 1.54) is 4.90 Å². The first-order valence-electron chi connectivity index (χ1n) is 8.11. The lowest BCUT2D eigenvalue weighted by Gasteiger charge is -2.34. The molecular weight excluding hydrogens is 296 g/mol. The first-order valence-corrected chi connectivity index (χ1v) is 8.11. The van der Waals surface area contributed by atoms with Gasteiger partial charge in [0, 0.05) is 32.4 Å². The molecule has 0 aliphatic carbocycles. The molecule has 3 saturated heterocycles. The summed E-state index contributed by atoms with van der Waals surface area (Å²) >= 11 is 0. The number of quaternary nitrogens is 1. The van der Waals surface area contributed by atoms with Gasteiger partial charge in [0.25, 0.3) is 0 Å². The van der Waals surface area contributed by atoms with E-state index in [0.717, 1.165) is 18.5 Å². The highest BCUT2D eigenvalue weighted by Crippen LogP contribution is 2.39. The third-order valence-corrected chi connectivity index (χ3v) is 5.50. The van der Waals surface area contributed by atoms with Gasteiger partial charge in [0.15, 0.2) is 12.1 Å². The summed E-state index contributed by atoms with van der Waals surface area (Å²) < 4.78 is 17.7. The minimum atomic E-state index is -0.439. The van der Waals surface area contributed by atoms with Gasteiger partial charge < -0.3 is 14.2 Å². The Morgan fingerprint density at radius 3 is 2.39 bits per heavy atom. The van der Waals surface area contributed by atoms with E-state index in [2.05, 4.69) is 19.2 Å². The van der Waals surface area contributed by atoms with Gasteiger partial charge in [0.1, 0.15) is 13.2 Å². The van der Waals surface area contributed by atoms with Crippen LogP contribution >= 0.6 is 0 Å². The van der Waals surface area contributed by atoms with Crippen molar-refractivity contribution in [2.75, 3.05) is 25.1 Å². The largest absolute Gasteiger partial charge is 0.442 e. The van der Waals surface area contributed by atoms with E-state index in [0.29, 0.717) is 19.8 Å². The highest BCUT2D eigenvalue weighted by atomic mass is 16.6. The number of hydrogen-bond acceptors (Lipinski definition) is 4. The number of nitrogens with one attached hydrogen (secondary N) is 2. The molecule has 3 fully saturated rings. The van der Waals surface area contributed by atoms with Gasteiger partial charge in [-0.05, 0) is 12.1 Å². The molecule has 1 aromatic rings. The van der Waals surface area contributed by atoms with Crippen LogP contribution in [0.4, 0.5) is 10.5 Å². The molecule has 0 spiro atoms. The number of carbonyl (C=O) groups excluding carboxylic acids is 1. The Labute approximate surface area is 135 Å². The predicted molar refractivity (Wildman–Crippen MR) is 83.1 cm³/mol. The fourth-order valence-corrected chi connectivity index (χ4v) is 4.51. The Morgan fingerprint density at radius 1 is 1.17 bits per heavy atom. The molecule has 0 saturated carbocycles. The van der Waals surface area contributed by atoms with E-state index >= 15 is 0 Å². The molecule has 2 atom stereocenters. The summed E-state index contributed by atoms with van der Waals surface area (Å²) in [6.45, 7) is 5.69. The number of ether oxygens (including phenoxy) is 3. The lowest BCUT2D eigenvalue weighted by molar-refractivity contribution is -1.02. The fourth-order valence-electron chi connectivity index (χ4n) is 4.51. The maximum Gasteiger partial charge on any atom is 0.411 e. The first-order chi connectivity index (χ1) is 11.0. The van der Waals surface area contributed by atoms with Crippen LogP contribution in [0.1, 0.15) is 26.7 Å². The lowest BCUT2D eigenvalue weighted by atomic mass is 10.0. The number of carbonyl (C=O) groups is 1. The Hall–Kier alpha value is -1.63. The van der Waals surface area contributed by atoms with Gasteiger partial charge in [-0.2, -0.15) is 0 Å². The highest BCUT2D eigenvalue weighted by Gasteiger charge is 2.74. The minimum Gasteiger partial charge on any atom is -0.442 e. The van der Waals surface area contributed by atoms with Crippen molar-refractivity contribution in [3.8, 4) is 0 Å². The van der Waals surface area contributed by atoms with Gasteiger partial charge in [-0.3, -0.25) is 10.2 Å². The van der Waals surface area contributed by atoms with Crippen molar-refractivity contribution in [2.45, 2.75) is 43.7 Å². The summed E-state index contributed by atoms with van der Waals surface area (Å²) in [6, 6.07) is 9.30. The summed E-state index contributed by atoms with van der Waals surface area (Å²) in [5.74, 6) is 0. The summed E-state index contributed by atoms with van der Waals surface area (Å²) in [7, 11) is 0. The van der Waals surface area contributed by atoms with Gasteiger partial charge in [-0.25, -0.2) is 4.79 Å². The Balaban J connectivity index is 1.44. The molecule has 124 valence electrons. The molecule has 0 bridgehead atoms. The monoisotopic (exact) mass is 319 g/mol. The maximum atomic E-state index is 12.1. The maximum absolute atomic E-state index is 12.1. The average Bonchev–Trinajstić information content (AvgIpc) is 3.11. The zero-order valence-corrected chi connectivity index (χ0v) is 13.6. The third kappa shape index (κ3) is 2.24. The summed E-state index contributed by atoms with van der Waals surface area (Å²) in [5, 5.41) is 2.75. The minimum absolute atomic E-state index is 0.232. The van der Waals surface area contributed by atoms with Crippen LogP contribution < -0.4 is 10.2 Å². The van der Waals surface area contributed by atoms with E-state index < -0.39 is 6.09 Å². The predicted octanol–water partition coefficient (Wildman–Crippen LogP) is 1.15. The van der Waals surface area contributed by atoms with Crippen LogP contribution in [-0.4, -0.2) is 42.9 Å². The van der Waals surface area contributed by atoms with Crippen LogP contribution in [0.2, 0.25) is 0 Å². The zero-order valence-electron chi connectivity index (χ0n) is 13.6. The van der Waals surface area contributed by atoms with Gasteiger partial charge >= 0.3 is 6.09 Å². The molecule has 2 N–H and O–H groups in total. The number of benzene rings is 1. The molecule has 3 aliphatic rings. The topological polar surface area (TPSA) is 61.2 Å². The first kappa shape index (κ1) is 14.9. The standard InChI is InChI=1S/C17H22N2O4/c1-15-8-9-16(2)19(15)17(11-22-15,12-23-16)10-21-14(20)18-13-6-4-3-5-7-13/h3-7H,8-12H2,1-2H3,(H,18,20)/p+1/t15-,16-/m1/s1. The van der Waals surface area contributed by atoms with E-state index in [4.69, 9.17) is 14.2 Å². The second-order valence-electron chi connectivity index (χ2n) is 7.26. The molecule has 4 rings (SSSR count). The molecule has 3 heterocycles. The fraction of sp³-hybridized carbons (Fsp3) is 0.588. The van der Waals surface area contributed by atoms with Crippen LogP contribution in [0, 0.1) is 0 Å². The second kappa shape index (κ2) is 4.93. The van der Waals surface area contributed by atoms with Gasteiger partial charge in [0.2, 0.25) is 11.4 Å². The quantitative estimate of drug-likeness (QED) is 0.877. The molecule has 0 radical (unpaired) electrons. The van der Waals surface area contributed by atoms with Crippen molar-refractivity contribution < 1.29 is 23.9 Å². The normalized spacial score (nSPS) is 40.9. The Kier molecular flexibility index (Phi) is 3.20. The molecule has 1 amide bonds. The number of anilines is 1. The zero-order chi connectivity index (χ0) is 16.1. The van der Waals surface area contributed by atoms with Gasteiger partial charge in [-0.1, -0.05) is 18.2 Å². The molecule has 6 heteroatoms. The molecule has 0 unspecified atom stereocenters. The summed E-state index contributed by atoms with van der Waals surface area (Å²) in [5.41, 5.74) is -0.0354. The number of para-hydroxylation sites is 1. The van der Waals surface area contributed by atoms with E-state index in [-0.39, 0.29) is 17.0 Å². The number of amides is 1. The number of hydrogen-bond donors (Lipinski definition) is 2.